The summed E-state index contributed by atoms with van der Waals surface area (Å²) in [5.74, 6) is 1.16. The van der Waals surface area contributed by atoms with E-state index in [2.05, 4.69) is 14.9 Å². The minimum absolute atomic E-state index is 0.00169. The first-order valence-corrected chi connectivity index (χ1v) is 8.98. The Balaban J connectivity index is 1.56. The molecule has 0 unspecified atom stereocenters. The van der Waals surface area contributed by atoms with E-state index in [1.807, 2.05) is 6.07 Å². The molecule has 0 N–H and O–H groups in total. The number of anilines is 1. The largest absolute Gasteiger partial charge is 0.381 e. The number of hydrogen-bond acceptors (Lipinski definition) is 6. The summed E-state index contributed by atoms with van der Waals surface area (Å²) >= 11 is 0. The van der Waals surface area contributed by atoms with Crippen LogP contribution in [0, 0.1) is 11.3 Å². The minimum Gasteiger partial charge on any atom is -0.381 e. The highest BCUT2D eigenvalue weighted by Gasteiger charge is 2.43. The van der Waals surface area contributed by atoms with E-state index in [4.69, 9.17) is 9.47 Å². The van der Waals surface area contributed by atoms with Crippen LogP contribution in [0.3, 0.4) is 0 Å². The van der Waals surface area contributed by atoms with Gasteiger partial charge in [-0.1, -0.05) is 0 Å². The number of rotatable bonds is 5. The normalized spacial score (nSPS) is 22.8. The van der Waals surface area contributed by atoms with Gasteiger partial charge in [0.05, 0.1) is 13.2 Å². The van der Waals surface area contributed by atoms with Crippen molar-refractivity contribution in [2.75, 3.05) is 58.5 Å². The maximum atomic E-state index is 11.7. The number of likely N-dealkylation sites (N-methyl/N-ethyl adjacent to an activating group) is 1. The van der Waals surface area contributed by atoms with Gasteiger partial charge in [-0.05, 0) is 30.7 Å². The van der Waals surface area contributed by atoms with Gasteiger partial charge >= 0.3 is 0 Å². The molecular formula is C18H28N4O3. The van der Waals surface area contributed by atoms with Crippen LogP contribution in [0.2, 0.25) is 0 Å². The summed E-state index contributed by atoms with van der Waals surface area (Å²) in [6.45, 7) is 4.17. The number of piperidine rings is 1. The Morgan fingerprint density at radius 1 is 1.32 bits per heavy atom. The van der Waals surface area contributed by atoms with Gasteiger partial charge in [-0.15, -0.1) is 0 Å². The van der Waals surface area contributed by atoms with Crippen LogP contribution < -0.4 is 4.90 Å². The molecule has 0 aromatic carbocycles. The maximum absolute atomic E-state index is 11.7. The van der Waals surface area contributed by atoms with Crippen molar-refractivity contribution in [2.24, 2.45) is 11.3 Å². The van der Waals surface area contributed by atoms with Crippen LogP contribution in [0.15, 0.2) is 18.5 Å². The molecule has 3 rings (SSSR count). The predicted octanol–water partition coefficient (Wildman–Crippen LogP) is 1.20. The van der Waals surface area contributed by atoms with Crippen LogP contribution >= 0.6 is 0 Å². The Bertz CT molecular complexity index is 559. The van der Waals surface area contributed by atoms with Crippen LogP contribution in [0.5, 0.6) is 0 Å². The molecule has 1 aromatic heterocycles. The molecule has 0 radical (unpaired) electrons. The van der Waals surface area contributed by atoms with Crippen LogP contribution in [-0.2, 0) is 14.3 Å². The summed E-state index contributed by atoms with van der Waals surface area (Å²) in [6, 6.07) is 1.84. The van der Waals surface area contributed by atoms with Crippen LogP contribution in [0.25, 0.3) is 0 Å². The van der Waals surface area contributed by atoms with Crippen LogP contribution in [0.4, 0.5) is 5.95 Å². The topological polar surface area (TPSA) is 67.8 Å². The molecule has 2 aliphatic heterocycles. The Kier molecular flexibility index (Phi) is 5.86. The Hall–Kier alpha value is -1.73. The monoisotopic (exact) mass is 348 g/mol. The molecule has 1 aromatic rings. The Morgan fingerprint density at radius 3 is 2.72 bits per heavy atom. The first-order chi connectivity index (χ1) is 12.1. The van der Waals surface area contributed by atoms with Crippen molar-refractivity contribution in [1.29, 1.82) is 0 Å². The van der Waals surface area contributed by atoms with Crippen molar-refractivity contribution in [1.82, 2.24) is 14.9 Å². The smallest absolute Gasteiger partial charge is 0.248 e. The van der Waals surface area contributed by atoms with Gasteiger partial charge in [0.25, 0.3) is 0 Å². The van der Waals surface area contributed by atoms with Gasteiger partial charge in [0, 0.05) is 52.1 Å². The summed E-state index contributed by atoms with van der Waals surface area (Å²) in [6.07, 6.45) is 6.82. The van der Waals surface area contributed by atoms with Gasteiger partial charge in [0.1, 0.15) is 6.61 Å². The number of carbonyl (C=O) groups is 1. The molecule has 2 fully saturated rings. The molecule has 138 valence electrons. The molecule has 2 aliphatic rings. The van der Waals surface area contributed by atoms with Gasteiger partial charge in [-0.2, -0.15) is 0 Å². The Labute approximate surface area is 149 Å². The molecular weight excluding hydrogens is 320 g/mol. The molecule has 1 spiro atoms. The fraction of sp³-hybridized carbons (Fsp3) is 0.722. The van der Waals surface area contributed by atoms with E-state index >= 15 is 0 Å². The summed E-state index contributed by atoms with van der Waals surface area (Å²) in [5.41, 5.74) is 0.241. The molecule has 0 saturated carbocycles. The lowest BCUT2D eigenvalue weighted by molar-refractivity contribution is -0.137. The molecule has 25 heavy (non-hydrogen) atoms. The molecule has 7 heteroatoms. The summed E-state index contributed by atoms with van der Waals surface area (Å²) < 4.78 is 11.4. The molecule has 1 atom stereocenters. The third kappa shape index (κ3) is 4.27. The van der Waals surface area contributed by atoms with E-state index in [1.165, 1.54) is 0 Å². The molecule has 3 heterocycles. The highest BCUT2D eigenvalue weighted by Crippen LogP contribution is 2.45. The number of ether oxygens (including phenoxy) is 2. The first-order valence-electron chi connectivity index (χ1n) is 8.98. The second-order valence-electron chi connectivity index (χ2n) is 7.22. The highest BCUT2D eigenvalue weighted by molar-refractivity contribution is 5.76. The summed E-state index contributed by atoms with van der Waals surface area (Å²) in [4.78, 5) is 24.2. The van der Waals surface area contributed by atoms with Crippen molar-refractivity contribution in [3.63, 3.8) is 0 Å². The number of nitrogens with zero attached hydrogens (tertiary/aromatic N) is 4. The zero-order chi connectivity index (χ0) is 17.7. The number of aromatic nitrogens is 2. The number of hydrogen-bond donors (Lipinski definition) is 0. The number of amides is 1. The molecule has 7 nitrogen and oxygen atoms in total. The fourth-order valence-electron chi connectivity index (χ4n) is 3.79. The zero-order valence-corrected chi connectivity index (χ0v) is 15.2. The van der Waals surface area contributed by atoms with E-state index in [9.17, 15) is 4.79 Å². The lowest BCUT2D eigenvalue weighted by Gasteiger charge is -2.49. The number of carbonyl (C=O) groups excluding carboxylic acids is 1. The van der Waals surface area contributed by atoms with Gasteiger partial charge in [-0.3, -0.25) is 4.79 Å². The fourth-order valence-corrected chi connectivity index (χ4v) is 3.79. The van der Waals surface area contributed by atoms with E-state index in [1.54, 1.807) is 31.4 Å². The highest BCUT2D eigenvalue weighted by atomic mass is 16.5. The zero-order valence-electron chi connectivity index (χ0n) is 15.2. The third-order valence-electron chi connectivity index (χ3n) is 5.57. The van der Waals surface area contributed by atoms with Gasteiger partial charge < -0.3 is 19.3 Å². The average molecular weight is 348 g/mol. The van der Waals surface area contributed by atoms with Crippen molar-refractivity contribution in [3.8, 4) is 0 Å². The average Bonchev–Trinajstić information content (AvgIpc) is 2.64. The van der Waals surface area contributed by atoms with Crippen molar-refractivity contribution in [3.05, 3.63) is 18.5 Å². The quantitative estimate of drug-likeness (QED) is 0.797. The first kappa shape index (κ1) is 18.1. The van der Waals surface area contributed by atoms with E-state index < -0.39 is 0 Å². The minimum atomic E-state index is 0.00169. The van der Waals surface area contributed by atoms with Gasteiger partial charge in [-0.25, -0.2) is 9.97 Å². The van der Waals surface area contributed by atoms with E-state index in [-0.39, 0.29) is 17.9 Å². The standard InChI is InChI=1S/C18H28N4O3/c1-21(2)16(23)14-25-13-15-12-24-11-6-18(15)4-9-22(10-5-18)17-19-7-3-8-20-17/h3,7-8,15H,4-6,9-14H2,1-2H3/t15-/m1/s1. The lowest BCUT2D eigenvalue weighted by atomic mass is 9.66. The summed E-state index contributed by atoms with van der Waals surface area (Å²) in [5, 5.41) is 0. The van der Waals surface area contributed by atoms with E-state index in [0.717, 1.165) is 51.5 Å². The van der Waals surface area contributed by atoms with Crippen molar-refractivity contribution >= 4 is 11.9 Å². The Morgan fingerprint density at radius 2 is 2.04 bits per heavy atom. The van der Waals surface area contributed by atoms with Gasteiger partial charge in [0.15, 0.2) is 0 Å². The molecule has 2 saturated heterocycles. The SMILES string of the molecule is CN(C)C(=O)COC[C@H]1COCCC12CCN(c1ncccn1)CC2. The van der Waals surface area contributed by atoms with Crippen molar-refractivity contribution in [2.45, 2.75) is 19.3 Å². The summed E-state index contributed by atoms with van der Waals surface area (Å²) in [7, 11) is 3.50. The van der Waals surface area contributed by atoms with E-state index in [0.29, 0.717) is 12.5 Å². The van der Waals surface area contributed by atoms with Crippen molar-refractivity contribution < 1.29 is 14.3 Å². The van der Waals surface area contributed by atoms with Gasteiger partial charge in [0.2, 0.25) is 11.9 Å². The molecule has 0 aliphatic carbocycles. The van der Waals surface area contributed by atoms with Crippen LogP contribution in [0.1, 0.15) is 19.3 Å². The third-order valence-corrected chi connectivity index (χ3v) is 5.57. The lowest BCUT2D eigenvalue weighted by Crippen LogP contribution is -2.50. The second-order valence-corrected chi connectivity index (χ2v) is 7.22. The molecule has 1 amide bonds. The maximum Gasteiger partial charge on any atom is 0.248 e. The van der Waals surface area contributed by atoms with Crippen LogP contribution in [-0.4, -0.2) is 74.4 Å². The second kappa shape index (κ2) is 8.10. The molecule has 0 bridgehead atoms. The predicted molar refractivity (Wildman–Crippen MR) is 94.4 cm³/mol.